The summed E-state index contributed by atoms with van der Waals surface area (Å²) in [6.07, 6.45) is 4.78. The Morgan fingerprint density at radius 3 is 3.12 bits per heavy atom. The molecule has 0 bridgehead atoms. The molecule has 4 nitrogen and oxygen atoms in total. The van der Waals surface area contributed by atoms with Gasteiger partial charge in [-0.2, -0.15) is 0 Å². The number of aromatic nitrogens is 1. The monoisotopic (exact) mass is 223 g/mol. The largest absolute Gasteiger partial charge is 0.364 e. The van der Waals surface area contributed by atoms with Gasteiger partial charge in [0.15, 0.2) is 0 Å². The van der Waals surface area contributed by atoms with Crippen LogP contribution in [0, 0.1) is 5.92 Å². The molecule has 1 fully saturated rings. The van der Waals surface area contributed by atoms with E-state index < -0.39 is 0 Å². The van der Waals surface area contributed by atoms with E-state index in [1.807, 2.05) is 0 Å². The summed E-state index contributed by atoms with van der Waals surface area (Å²) in [5, 5.41) is 7.15. The highest BCUT2D eigenvalue weighted by Crippen LogP contribution is 2.17. The van der Waals surface area contributed by atoms with E-state index in [0.717, 1.165) is 24.6 Å². The van der Waals surface area contributed by atoms with Gasteiger partial charge in [0.25, 0.3) is 0 Å². The molecule has 1 aromatic rings. The summed E-state index contributed by atoms with van der Waals surface area (Å²) in [6.45, 7) is 8.97. The molecule has 90 valence electrons. The van der Waals surface area contributed by atoms with E-state index in [1.165, 1.54) is 19.5 Å². The predicted molar refractivity (Wildman–Crippen MR) is 63.0 cm³/mol. The van der Waals surface area contributed by atoms with Gasteiger partial charge in [-0.3, -0.25) is 0 Å². The van der Waals surface area contributed by atoms with Crippen LogP contribution in [0.1, 0.15) is 25.8 Å². The van der Waals surface area contributed by atoms with E-state index in [9.17, 15) is 0 Å². The Morgan fingerprint density at radius 2 is 2.50 bits per heavy atom. The van der Waals surface area contributed by atoms with Crippen molar-refractivity contribution in [3.63, 3.8) is 0 Å². The zero-order valence-electron chi connectivity index (χ0n) is 10.1. The van der Waals surface area contributed by atoms with Gasteiger partial charge >= 0.3 is 0 Å². The standard InChI is InChI=1S/C12H21N3O/c1-10(2)15-4-3-11(8-15)5-13-6-12-7-14-16-9-12/h7,9-11,13H,3-6,8H2,1-2H3. The highest BCUT2D eigenvalue weighted by Gasteiger charge is 2.23. The summed E-state index contributed by atoms with van der Waals surface area (Å²) in [5.74, 6) is 0.794. The van der Waals surface area contributed by atoms with Crippen LogP contribution in [0.2, 0.25) is 0 Å². The lowest BCUT2D eigenvalue weighted by Gasteiger charge is -2.20. The van der Waals surface area contributed by atoms with E-state index in [4.69, 9.17) is 4.52 Å². The van der Waals surface area contributed by atoms with Gasteiger partial charge in [-0.25, -0.2) is 0 Å². The first-order chi connectivity index (χ1) is 7.75. The summed E-state index contributed by atoms with van der Waals surface area (Å²) >= 11 is 0. The van der Waals surface area contributed by atoms with E-state index in [2.05, 4.69) is 29.2 Å². The van der Waals surface area contributed by atoms with Crippen molar-refractivity contribution in [2.24, 2.45) is 5.92 Å². The number of nitrogens with zero attached hydrogens (tertiary/aromatic N) is 2. The summed E-state index contributed by atoms with van der Waals surface area (Å²) in [5.41, 5.74) is 1.12. The van der Waals surface area contributed by atoms with Gasteiger partial charge < -0.3 is 14.7 Å². The lowest BCUT2D eigenvalue weighted by molar-refractivity contribution is 0.264. The highest BCUT2D eigenvalue weighted by molar-refractivity contribution is 4.99. The zero-order valence-corrected chi connectivity index (χ0v) is 10.1. The fourth-order valence-electron chi connectivity index (χ4n) is 2.23. The van der Waals surface area contributed by atoms with Gasteiger partial charge in [0, 0.05) is 24.7 Å². The van der Waals surface area contributed by atoms with Crippen molar-refractivity contribution in [3.05, 3.63) is 18.0 Å². The molecule has 0 spiro atoms. The third-order valence-electron chi connectivity index (χ3n) is 3.29. The zero-order chi connectivity index (χ0) is 11.4. The molecule has 1 unspecified atom stereocenters. The first kappa shape index (κ1) is 11.6. The molecule has 1 aliphatic heterocycles. The number of hydrogen-bond donors (Lipinski definition) is 1. The molecule has 4 heteroatoms. The maximum absolute atomic E-state index is 4.79. The molecule has 2 heterocycles. The van der Waals surface area contributed by atoms with Crippen molar-refractivity contribution in [1.82, 2.24) is 15.4 Å². The number of nitrogens with one attached hydrogen (secondary N) is 1. The van der Waals surface area contributed by atoms with Crippen molar-refractivity contribution < 1.29 is 4.52 Å². The third-order valence-corrected chi connectivity index (χ3v) is 3.29. The molecule has 1 aromatic heterocycles. The van der Waals surface area contributed by atoms with Crippen molar-refractivity contribution in [3.8, 4) is 0 Å². The quantitative estimate of drug-likeness (QED) is 0.821. The van der Waals surface area contributed by atoms with E-state index in [-0.39, 0.29) is 0 Å². The Balaban J connectivity index is 1.64. The maximum Gasteiger partial charge on any atom is 0.128 e. The normalized spacial score (nSPS) is 22.1. The molecule has 16 heavy (non-hydrogen) atoms. The molecule has 2 rings (SSSR count). The van der Waals surface area contributed by atoms with Gasteiger partial charge in [-0.05, 0) is 39.3 Å². The lowest BCUT2D eigenvalue weighted by atomic mass is 10.1. The molecule has 0 radical (unpaired) electrons. The molecular formula is C12H21N3O. The van der Waals surface area contributed by atoms with Crippen LogP contribution >= 0.6 is 0 Å². The second kappa shape index (κ2) is 5.46. The summed E-state index contributed by atoms with van der Waals surface area (Å²) in [6, 6.07) is 0.683. The van der Waals surface area contributed by atoms with Crippen molar-refractivity contribution in [2.75, 3.05) is 19.6 Å². The van der Waals surface area contributed by atoms with Gasteiger partial charge in [0.05, 0.1) is 6.20 Å². The van der Waals surface area contributed by atoms with Gasteiger partial charge in [-0.1, -0.05) is 5.16 Å². The van der Waals surface area contributed by atoms with Crippen LogP contribution in [0.25, 0.3) is 0 Å². The topological polar surface area (TPSA) is 41.3 Å². The average molecular weight is 223 g/mol. The molecule has 1 aliphatic rings. The SMILES string of the molecule is CC(C)N1CCC(CNCc2cnoc2)C1. The molecule has 0 aliphatic carbocycles. The molecule has 1 atom stereocenters. The summed E-state index contributed by atoms with van der Waals surface area (Å²) in [4.78, 5) is 2.55. The second-order valence-corrected chi connectivity index (χ2v) is 4.91. The predicted octanol–water partition coefficient (Wildman–Crippen LogP) is 1.49. The maximum atomic E-state index is 4.79. The van der Waals surface area contributed by atoms with Gasteiger partial charge in [0.2, 0.25) is 0 Å². The fourth-order valence-corrected chi connectivity index (χ4v) is 2.23. The molecule has 0 saturated carbocycles. The Hall–Kier alpha value is -0.870. The van der Waals surface area contributed by atoms with Crippen LogP contribution in [-0.2, 0) is 6.54 Å². The lowest BCUT2D eigenvalue weighted by Crippen LogP contribution is -2.30. The first-order valence-corrected chi connectivity index (χ1v) is 6.08. The Labute approximate surface area is 97.0 Å². The number of hydrogen-bond acceptors (Lipinski definition) is 4. The van der Waals surface area contributed by atoms with E-state index in [1.54, 1.807) is 12.5 Å². The third kappa shape index (κ3) is 3.06. The van der Waals surface area contributed by atoms with Gasteiger partial charge in [0.1, 0.15) is 6.26 Å². The van der Waals surface area contributed by atoms with Crippen LogP contribution in [0.3, 0.4) is 0 Å². The molecule has 0 amide bonds. The Morgan fingerprint density at radius 1 is 1.62 bits per heavy atom. The Kier molecular flexibility index (Phi) is 3.96. The van der Waals surface area contributed by atoms with Crippen LogP contribution in [0.4, 0.5) is 0 Å². The molecule has 0 aromatic carbocycles. The van der Waals surface area contributed by atoms with Crippen LogP contribution in [0.5, 0.6) is 0 Å². The average Bonchev–Trinajstić information content (AvgIpc) is 2.87. The molecular weight excluding hydrogens is 202 g/mol. The van der Waals surface area contributed by atoms with Crippen molar-refractivity contribution in [2.45, 2.75) is 32.9 Å². The van der Waals surface area contributed by atoms with Gasteiger partial charge in [-0.15, -0.1) is 0 Å². The summed E-state index contributed by atoms with van der Waals surface area (Å²) in [7, 11) is 0. The molecule has 1 saturated heterocycles. The number of likely N-dealkylation sites (tertiary alicyclic amines) is 1. The van der Waals surface area contributed by atoms with Crippen LogP contribution in [0.15, 0.2) is 17.0 Å². The fraction of sp³-hybridized carbons (Fsp3) is 0.750. The number of rotatable bonds is 5. The Bertz CT molecular complexity index is 297. The molecule has 1 N–H and O–H groups in total. The van der Waals surface area contributed by atoms with Crippen molar-refractivity contribution >= 4 is 0 Å². The van der Waals surface area contributed by atoms with E-state index in [0.29, 0.717) is 6.04 Å². The minimum Gasteiger partial charge on any atom is -0.364 e. The first-order valence-electron chi connectivity index (χ1n) is 6.08. The highest BCUT2D eigenvalue weighted by atomic mass is 16.5. The van der Waals surface area contributed by atoms with E-state index >= 15 is 0 Å². The minimum atomic E-state index is 0.683. The van der Waals surface area contributed by atoms with Crippen LogP contribution < -0.4 is 5.32 Å². The van der Waals surface area contributed by atoms with Crippen molar-refractivity contribution in [1.29, 1.82) is 0 Å². The summed E-state index contributed by atoms with van der Waals surface area (Å²) < 4.78 is 4.79. The minimum absolute atomic E-state index is 0.683. The second-order valence-electron chi connectivity index (χ2n) is 4.91. The smallest absolute Gasteiger partial charge is 0.128 e. The van der Waals surface area contributed by atoms with Crippen LogP contribution in [-0.4, -0.2) is 35.7 Å².